The maximum absolute atomic E-state index is 12.5. The highest BCUT2D eigenvalue weighted by Gasteiger charge is 2.23. The number of benzene rings is 1. The van der Waals surface area contributed by atoms with Gasteiger partial charge in [0, 0.05) is 18.8 Å². The summed E-state index contributed by atoms with van der Waals surface area (Å²) in [6.07, 6.45) is 7.13. The average molecular weight is 375 g/mol. The molecule has 0 spiro atoms. The van der Waals surface area contributed by atoms with Crippen LogP contribution < -0.4 is 22.1 Å². The summed E-state index contributed by atoms with van der Waals surface area (Å²) in [5.74, 6) is 0.0834. The number of anilines is 1. The Bertz CT molecular complexity index is 849. The Labute approximate surface area is 157 Å². The average Bonchev–Trinajstić information content (AvgIpc) is 2.81. The number of nitrogens with zero attached hydrogens (tertiary/aromatic N) is 2. The number of carbonyl (C=O) groups excluding carboxylic acids is 1. The minimum atomic E-state index is -0.372. The summed E-state index contributed by atoms with van der Waals surface area (Å²) in [6, 6.07) is 5.71. The second-order valence-corrected chi connectivity index (χ2v) is 6.61. The number of imidazole rings is 1. The van der Waals surface area contributed by atoms with E-state index in [9.17, 15) is 4.79 Å². The van der Waals surface area contributed by atoms with Gasteiger partial charge in [-0.1, -0.05) is 24.1 Å². The molecule has 2 aromatic rings. The zero-order valence-electron chi connectivity index (χ0n) is 14.4. The minimum absolute atomic E-state index is 0.146. The van der Waals surface area contributed by atoms with Crippen LogP contribution in [0.5, 0.6) is 0 Å². The lowest BCUT2D eigenvalue weighted by atomic mass is 10.1. The fourth-order valence-electron chi connectivity index (χ4n) is 3.26. The lowest BCUT2D eigenvalue weighted by molar-refractivity contribution is -0.112. The second-order valence-electron chi connectivity index (χ2n) is 6.20. The molecule has 1 saturated heterocycles. The van der Waals surface area contributed by atoms with Crippen LogP contribution in [0, 0.1) is 0 Å². The summed E-state index contributed by atoms with van der Waals surface area (Å²) >= 11 is 6.46. The van der Waals surface area contributed by atoms with E-state index >= 15 is 0 Å². The highest BCUT2D eigenvalue weighted by Crippen LogP contribution is 2.32. The number of nitrogens with one attached hydrogen (secondary N) is 2. The molecule has 0 saturated carbocycles. The Balaban J connectivity index is 2.05. The number of amides is 1. The van der Waals surface area contributed by atoms with Gasteiger partial charge in [0.1, 0.15) is 0 Å². The normalized spacial score (nSPS) is 19.0. The predicted octanol–water partition coefficient (Wildman–Crippen LogP) is 2.26. The topological polar surface area (TPSA) is 111 Å². The first kappa shape index (κ1) is 18.3. The van der Waals surface area contributed by atoms with Crippen LogP contribution in [0.4, 0.5) is 5.95 Å². The van der Waals surface area contributed by atoms with Crippen molar-refractivity contribution in [3.05, 3.63) is 47.3 Å². The van der Waals surface area contributed by atoms with Gasteiger partial charge in [0.15, 0.2) is 0 Å². The summed E-state index contributed by atoms with van der Waals surface area (Å²) in [5, 5.41) is 6.90. The molecule has 0 bridgehead atoms. The van der Waals surface area contributed by atoms with Crippen molar-refractivity contribution >= 4 is 34.5 Å². The molecule has 1 atom stereocenters. The van der Waals surface area contributed by atoms with Crippen molar-refractivity contribution < 1.29 is 4.79 Å². The van der Waals surface area contributed by atoms with Crippen molar-refractivity contribution in [3.8, 4) is 0 Å². The highest BCUT2D eigenvalue weighted by atomic mass is 35.5. The quantitative estimate of drug-likeness (QED) is 0.484. The van der Waals surface area contributed by atoms with Crippen LogP contribution in [-0.4, -0.2) is 28.5 Å². The molecule has 0 aliphatic carbocycles. The van der Waals surface area contributed by atoms with E-state index in [4.69, 9.17) is 23.1 Å². The van der Waals surface area contributed by atoms with Gasteiger partial charge in [-0.3, -0.25) is 10.1 Å². The third-order valence-corrected chi connectivity index (χ3v) is 4.79. The molecule has 1 aliphatic heterocycles. The van der Waals surface area contributed by atoms with E-state index in [1.54, 1.807) is 0 Å². The second kappa shape index (κ2) is 8.25. The molecular formula is C18H23ClN6O. The molecule has 6 N–H and O–H groups in total. The number of rotatable bonds is 4. The molecule has 1 aliphatic rings. The summed E-state index contributed by atoms with van der Waals surface area (Å²) in [4.78, 5) is 17.1. The van der Waals surface area contributed by atoms with E-state index in [0.717, 1.165) is 43.4 Å². The third-order valence-electron chi connectivity index (χ3n) is 4.49. The maximum atomic E-state index is 12.5. The number of hydrogen-bond donors (Lipinski definition) is 4. The van der Waals surface area contributed by atoms with Gasteiger partial charge in [-0.2, -0.15) is 0 Å². The smallest absolute Gasteiger partial charge is 0.259 e. The minimum Gasteiger partial charge on any atom is -0.405 e. The van der Waals surface area contributed by atoms with E-state index in [1.807, 2.05) is 22.8 Å². The van der Waals surface area contributed by atoms with Crippen LogP contribution in [0.1, 0.15) is 25.3 Å². The molecule has 0 unspecified atom stereocenters. The Morgan fingerprint density at radius 3 is 3.00 bits per heavy atom. The van der Waals surface area contributed by atoms with E-state index in [0.29, 0.717) is 11.0 Å². The Kier molecular flexibility index (Phi) is 5.80. The summed E-state index contributed by atoms with van der Waals surface area (Å²) in [7, 11) is 0. The first-order chi connectivity index (χ1) is 12.7. The van der Waals surface area contributed by atoms with Gasteiger partial charge in [0.05, 0.1) is 21.6 Å². The number of para-hydroxylation sites is 1. The van der Waals surface area contributed by atoms with Crippen LogP contribution in [-0.2, 0) is 4.79 Å². The lowest BCUT2D eigenvalue weighted by Gasteiger charge is -2.20. The van der Waals surface area contributed by atoms with Gasteiger partial charge < -0.3 is 21.4 Å². The molecule has 3 rings (SSSR count). The van der Waals surface area contributed by atoms with Crippen molar-refractivity contribution in [1.29, 1.82) is 0 Å². The number of aromatic nitrogens is 2. The number of nitrogens with two attached hydrogens (primary N) is 2. The zero-order chi connectivity index (χ0) is 18.5. The van der Waals surface area contributed by atoms with Gasteiger partial charge >= 0.3 is 0 Å². The first-order valence-electron chi connectivity index (χ1n) is 8.64. The highest BCUT2D eigenvalue weighted by molar-refractivity contribution is 6.35. The molecule has 2 heterocycles. The van der Waals surface area contributed by atoms with Crippen molar-refractivity contribution in [1.82, 2.24) is 14.9 Å². The number of hydrogen-bond acceptors (Lipinski definition) is 5. The van der Waals surface area contributed by atoms with Gasteiger partial charge in [-0.05, 0) is 43.8 Å². The van der Waals surface area contributed by atoms with Gasteiger partial charge in [-0.25, -0.2) is 4.98 Å². The van der Waals surface area contributed by atoms with E-state index < -0.39 is 0 Å². The Morgan fingerprint density at radius 2 is 2.23 bits per heavy atom. The SMILES string of the molecule is N/C=C\C(=C/N)C(=O)Nc1nc2cccc(Cl)c2n1[C@@H]1CCCCNC1. The lowest BCUT2D eigenvalue weighted by Crippen LogP contribution is -2.26. The maximum Gasteiger partial charge on any atom is 0.259 e. The summed E-state index contributed by atoms with van der Waals surface area (Å²) in [6.45, 7) is 1.78. The molecule has 1 aromatic heterocycles. The zero-order valence-corrected chi connectivity index (χ0v) is 15.2. The third kappa shape index (κ3) is 3.68. The fourth-order valence-corrected chi connectivity index (χ4v) is 3.52. The van der Waals surface area contributed by atoms with Crippen molar-refractivity contribution in [2.45, 2.75) is 25.3 Å². The Hall–Kier alpha value is -2.51. The monoisotopic (exact) mass is 374 g/mol. The standard InChI is InChI=1S/C18H23ClN6O/c19-14-5-3-6-15-16(14)25(13-4-1-2-9-22-11-13)18(23-15)24-17(26)12(10-21)7-8-20/h3,5-8,10,13,22H,1-2,4,9,11,20-21H2,(H,23,24,26)/b8-7-,12-10+/t13-/m1/s1. The summed E-state index contributed by atoms with van der Waals surface area (Å²) in [5.41, 5.74) is 12.7. The largest absolute Gasteiger partial charge is 0.405 e. The first-order valence-corrected chi connectivity index (χ1v) is 9.02. The van der Waals surface area contributed by atoms with E-state index in [2.05, 4.69) is 15.6 Å². The van der Waals surface area contributed by atoms with Crippen LogP contribution in [0.2, 0.25) is 5.02 Å². The van der Waals surface area contributed by atoms with Crippen molar-refractivity contribution in [2.24, 2.45) is 11.5 Å². The molecule has 1 amide bonds. The molecule has 26 heavy (non-hydrogen) atoms. The molecule has 7 nitrogen and oxygen atoms in total. The van der Waals surface area contributed by atoms with Crippen LogP contribution in [0.3, 0.4) is 0 Å². The molecular weight excluding hydrogens is 352 g/mol. The van der Waals surface area contributed by atoms with Crippen LogP contribution >= 0.6 is 11.6 Å². The van der Waals surface area contributed by atoms with E-state index in [-0.39, 0.29) is 17.5 Å². The van der Waals surface area contributed by atoms with Crippen LogP contribution in [0.25, 0.3) is 11.0 Å². The van der Waals surface area contributed by atoms with Gasteiger partial charge in [-0.15, -0.1) is 0 Å². The fraction of sp³-hybridized carbons (Fsp3) is 0.333. The number of fused-ring (bicyclic) bond motifs is 1. The van der Waals surface area contributed by atoms with E-state index in [1.165, 1.54) is 18.5 Å². The predicted molar refractivity (Wildman–Crippen MR) is 105 cm³/mol. The summed E-state index contributed by atoms with van der Waals surface area (Å²) < 4.78 is 2.02. The van der Waals surface area contributed by atoms with Crippen molar-refractivity contribution in [2.75, 3.05) is 18.4 Å². The number of carbonyl (C=O) groups is 1. The van der Waals surface area contributed by atoms with Gasteiger partial charge in [0.2, 0.25) is 5.95 Å². The molecule has 0 radical (unpaired) electrons. The number of halogens is 1. The van der Waals surface area contributed by atoms with Gasteiger partial charge in [0.25, 0.3) is 5.91 Å². The van der Waals surface area contributed by atoms with Crippen LogP contribution in [0.15, 0.2) is 42.2 Å². The Morgan fingerprint density at radius 1 is 1.38 bits per heavy atom. The molecule has 138 valence electrons. The molecule has 8 heteroatoms. The molecule has 1 aromatic carbocycles. The van der Waals surface area contributed by atoms with Crippen molar-refractivity contribution in [3.63, 3.8) is 0 Å². The molecule has 1 fully saturated rings.